The van der Waals surface area contributed by atoms with E-state index >= 15 is 0 Å². The number of hydrogen-bond acceptors (Lipinski definition) is 7. The lowest BCUT2D eigenvalue weighted by molar-refractivity contribution is 0.102. The molecule has 2 aromatic heterocycles. The van der Waals surface area contributed by atoms with Gasteiger partial charge in [-0.1, -0.05) is 18.2 Å². The first-order valence-electron chi connectivity index (χ1n) is 9.63. The number of nitrogens with zero attached hydrogens (tertiary/aromatic N) is 4. The molecule has 4 N–H and O–H groups in total. The van der Waals surface area contributed by atoms with Gasteiger partial charge in [0.25, 0.3) is 5.91 Å². The number of para-hydroxylation sites is 2. The van der Waals surface area contributed by atoms with Crippen LogP contribution in [0.3, 0.4) is 0 Å². The summed E-state index contributed by atoms with van der Waals surface area (Å²) < 4.78 is 0. The number of nitrogens with two attached hydrogens (primary N) is 1. The van der Waals surface area contributed by atoms with Crippen molar-refractivity contribution >= 4 is 39.8 Å². The first-order valence-corrected chi connectivity index (χ1v) is 10.5. The van der Waals surface area contributed by atoms with Crippen molar-refractivity contribution in [1.29, 1.82) is 0 Å². The molecule has 3 aromatic rings. The summed E-state index contributed by atoms with van der Waals surface area (Å²) in [5.41, 5.74) is 7.95. The number of benzene rings is 1. The molecule has 0 saturated heterocycles. The topological polar surface area (TPSA) is 116 Å². The van der Waals surface area contributed by atoms with Crippen LogP contribution in [0.1, 0.15) is 16.1 Å². The van der Waals surface area contributed by atoms with Crippen LogP contribution in [0, 0.1) is 0 Å². The zero-order valence-electron chi connectivity index (χ0n) is 17.4. The van der Waals surface area contributed by atoms with Gasteiger partial charge < -0.3 is 20.9 Å². The van der Waals surface area contributed by atoms with E-state index in [0.29, 0.717) is 36.1 Å². The van der Waals surface area contributed by atoms with Crippen molar-refractivity contribution in [2.24, 2.45) is 0 Å². The van der Waals surface area contributed by atoms with Gasteiger partial charge >= 0.3 is 6.03 Å². The zero-order chi connectivity index (χ0) is 22.2. The normalized spacial score (nSPS) is 10.7. The fourth-order valence-corrected chi connectivity index (χ4v) is 3.22. The van der Waals surface area contributed by atoms with Gasteiger partial charge in [0.2, 0.25) is 0 Å². The Labute approximate surface area is 184 Å². The number of nitrogen functional groups attached to an aromatic ring is 1. The number of amides is 3. The molecule has 0 aliphatic rings. The third-order valence-corrected chi connectivity index (χ3v) is 5.08. The molecule has 0 spiro atoms. The predicted octanol–water partition coefficient (Wildman–Crippen LogP) is 2.97. The number of thiazole rings is 1. The zero-order valence-corrected chi connectivity index (χ0v) is 18.2. The Morgan fingerprint density at radius 3 is 2.52 bits per heavy atom. The highest BCUT2D eigenvalue weighted by Gasteiger charge is 2.16. The largest absolute Gasteiger partial charge is 0.397 e. The molecule has 0 aliphatic carbocycles. The van der Waals surface area contributed by atoms with E-state index in [4.69, 9.17) is 5.73 Å². The summed E-state index contributed by atoms with van der Waals surface area (Å²) in [7, 11) is 3.90. The number of carbonyl (C=O) groups is 2. The van der Waals surface area contributed by atoms with Crippen molar-refractivity contribution in [2.75, 3.05) is 43.6 Å². The fraction of sp³-hybridized carbons (Fsp3) is 0.238. The molecule has 0 saturated carbocycles. The van der Waals surface area contributed by atoms with E-state index in [2.05, 4.69) is 20.6 Å². The Hall–Kier alpha value is -3.50. The van der Waals surface area contributed by atoms with Crippen molar-refractivity contribution in [2.45, 2.75) is 6.54 Å². The Morgan fingerprint density at radius 1 is 1.06 bits per heavy atom. The van der Waals surface area contributed by atoms with E-state index < -0.39 is 0 Å². The summed E-state index contributed by atoms with van der Waals surface area (Å²) in [6.45, 7) is 1.59. The Balaban J connectivity index is 1.66. The molecule has 0 bridgehead atoms. The Morgan fingerprint density at radius 2 is 1.87 bits per heavy atom. The van der Waals surface area contributed by atoms with E-state index in [0.717, 1.165) is 5.56 Å². The number of nitrogens with one attached hydrogen (secondary N) is 2. The molecule has 9 nitrogen and oxygen atoms in total. The molecule has 0 radical (unpaired) electrons. The summed E-state index contributed by atoms with van der Waals surface area (Å²) >= 11 is 1.36. The third-order valence-electron chi connectivity index (χ3n) is 4.39. The summed E-state index contributed by atoms with van der Waals surface area (Å²) in [4.78, 5) is 37.2. The number of carbonyl (C=O) groups excluding carboxylic acids is 2. The first-order chi connectivity index (χ1) is 14.9. The number of urea groups is 1. The van der Waals surface area contributed by atoms with Crippen molar-refractivity contribution in [3.8, 4) is 0 Å². The number of rotatable bonds is 8. The van der Waals surface area contributed by atoms with Gasteiger partial charge in [0, 0.05) is 37.4 Å². The van der Waals surface area contributed by atoms with E-state index in [-0.39, 0.29) is 17.6 Å². The van der Waals surface area contributed by atoms with Gasteiger partial charge in [-0.2, -0.15) is 0 Å². The molecule has 31 heavy (non-hydrogen) atoms. The maximum absolute atomic E-state index is 12.7. The highest BCUT2D eigenvalue weighted by molar-refractivity contribution is 7.13. The number of likely N-dealkylation sites (N-methyl/N-ethyl adjacent to an activating group) is 1. The predicted molar refractivity (Wildman–Crippen MR) is 123 cm³/mol. The fourth-order valence-electron chi connectivity index (χ4n) is 2.70. The number of anilines is 3. The second kappa shape index (κ2) is 10.5. The van der Waals surface area contributed by atoms with Crippen LogP contribution in [0.2, 0.25) is 0 Å². The van der Waals surface area contributed by atoms with Gasteiger partial charge in [0.15, 0.2) is 5.13 Å². The molecule has 0 unspecified atom stereocenters. The highest BCUT2D eigenvalue weighted by atomic mass is 32.1. The molecular weight excluding hydrogens is 414 g/mol. The van der Waals surface area contributed by atoms with Crippen LogP contribution in [0.4, 0.5) is 21.3 Å². The van der Waals surface area contributed by atoms with Crippen LogP contribution < -0.4 is 16.4 Å². The van der Waals surface area contributed by atoms with Crippen LogP contribution in [0.5, 0.6) is 0 Å². The minimum atomic E-state index is -0.351. The van der Waals surface area contributed by atoms with Gasteiger partial charge in [-0.15, -0.1) is 11.3 Å². The monoisotopic (exact) mass is 439 g/mol. The molecular formula is C21H25N7O2S. The molecule has 3 amide bonds. The second-order valence-corrected chi connectivity index (χ2v) is 7.98. The quantitative estimate of drug-likeness (QED) is 0.465. The Bertz CT molecular complexity index is 1010. The maximum Gasteiger partial charge on any atom is 0.323 e. The lowest BCUT2D eigenvalue weighted by Gasteiger charge is -2.24. The van der Waals surface area contributed by atoms with E-state index in [9.17, 15) is 9.59 Å². The molecule has 0 fully saturated rings. The van der Waals surface area contributed by atoms with Crippen LogP contribution in [-0.4, -0.2) is 58.9 Å². The average molecular weight is 440 g/mol. The number of hydrogen-bond donors (Lipinski definition) is 3. The molecule has 3 rings (SSSR count). The summed E-state index contributed by atoms with van der Waals surface area (Å²) in [5, 5.41) is 7.91. The van der Waals surface area contributed by atoms with Crippen LogP contribution in [0.15, 0.2) is 54.2 Å². The highest BCUT2D eigenvalue weighted by Crippen LogP contribution is 2.18. The van der Waals surface area contributed by atoms with Gasteiger partial charge in [-0.25, -0.2) is 9.78 Å². The molecule has 10 heteroatoms. The molecule has 2 heterocycles. The van der Waals surface area contributed by atoms with E-state index in [1.807, 2.05) is 19.0 Å². The number of aromatic nitrogens is 2. The van der Waals surface area contributed by atoms with Crippen molar-refractivity contribution in [1.82, 2.24) is 19.8 Å². The van der Waals surface area contributed by atoms with Crippen molar-refractivity contribution < 1.29 is 9.59 Å². The van der Waals surface area contributed by atoms with Crippen LogP contribution in [-0.2, 0) is 6.54 Å². The minimum Gasteiger partial charge on any atom is -0.397 e. The Kier molecular flexibility index (Phi) is 7.52. The lowest BCUT2D eigenvalue weighted by atomic mass is 10.2. The van der Waals surface area contributed by atoms with Gasteiger partial charge in [-0.05, 0) is 37.9 Å². The first kappa shape index (κ1) is 22.2. The van der Waals surface area contributed by atoms with Crippen molar-refractivity contribution in [3.05, 3.63) is 65.4 Å². The lowest BCUT2D eigenvalue weighted by Crippen LogP contribution is -2.39. The summed E-state index contributed by atoms with van der Waals surface area (Å²) in [6.07, 6.45) is 3.24. The number of pyridine rings is 1. The average Bonchev–Trinajstić information content (AvgIpc) is 3.26. The molecule has 1 aromatic carbocycles. The maximum atomic E-state index is 12.7. The molecule has 0 atom stereocenters. The SMILES string of the molecule is CN(C)CCN(Cc1ccc(C(=O)Nc2ccccc2N)nc1)C(=O)Nc1nccs1. The standard InChI is InChI=1S/C21H25N7O2S/c1-27(2)10-11-28(21(30)26-20-23-9-12-31-20)14-15-7-8-18(24-13-15)19(29)25-17-6-4-3-5-16(17)22/h3-9,12-13H,10-11,14,22H2,1-2H3,(H,25,29)(H,23,26,30). The minimum absolute atomic E-state index is 0.238. The molecule has 162 valence electrons. The van der Waals surface area contributed by atoms with Gasteiger partial charge in [-0.3, -0.25) is 15.1 Å². The smallest absolute Gasteiger partial charge is 0.323 e. The van der Waals surface area contributed by atoms with E-state index in [1.54, 1.807) is 59.1 Å². The van der Waals surface area contributed by atoms with Crippen LogP contribution in [0.25, 0.3) is 0 Å². The second-order valence-electron chi connectivity index (χ2n) is 7.09. The summed E-state index contributed by atoms with van der Waals surface area (Å²) in [5.74, 6) is -0.351. The van der Waals surface area contributed by atoms with Gasteiger partial charge in [0.1, 0.15) is 5.69 Å². The van der Waals surface area contributed by atoms with Gasteiger partial charge in [0.05, 0.1) is 11.4 Å². The third kappa shape index (κ3) is 6.49. The van der Waals surface area contributed by atoms with E-state index in [1.165, 1.54) is 11.3 Å². The van der Waals surface area contributed by atoms with Crippen molar-refractivity contribution in [3.63, 3.8) is 0 Å². The summed E-state index contributed by atoms with van der Waals surface area (Å²) in [6, 6.07) is 10.2. The van der Waals surface area contributed by atoms with Crippen LogP contribution >= 0.6 is 11.3 Å². The molecule has 0 aliphatic heterocycles.